The fourth-order valence-electron chi connectivity index (χ4n) is 2.48. The minimum atomic E-state index is -3.46. The second-order valence-electron chi connectivity index (χ2n) is 5.25. The normalized spacial score (nSPS) is 24.1. The zero-order chi connectivity index (χ0) is 16.1. The lowest BCUT2D eigenvalue weighted by atomic mass is 10.3. The molecular formula is C16H22O5S. The molecule has 5 nitrogen and oxygen atoms in total. The van der Waals surface area contributed by atoms with Crippen molar-refractivity contribution in [3.8, 4) is 0 Å². The Kier molecular flexibility index (Phi) is 5.74. The van der Waals surface area contributed by atoms with Crippen molar-refractivity contribution in [1.82, 2.24) is 0 Å². The van der Waals surface area contributed by atoms with E-state index in [1.165, 1.54) is 0 Å². The third kappa shape index (κ3) is 3.41. The topological polar surface area (TPSA) is 61.8 Å². The molecule has 6 heteroatoms. The van der Waals surface area contributed by atoms with Gasteiger partial charge in [0.15, 0.2) is 9.84 Å². The van der Waals surface area contributed by atoms with Gasteiger partial charge in [-0.1, -0.05) is 24.3 Å². The Hall–Kier alpha value is -1.21. The standard InChI is InChI=1S/C16H22O5S/c1-3-9-16(12-15(16)21-13-20-11-10-19-2)22(17,18)14-7-5-4-6-8-14/h3-8,15H,1,9-13H2,2H3. The second-order valence-corrected chi connectivity index (χ2v) is 7.54. The highest BCUT2D eigenvalue weighted by atomic mass is 32.2. The molecule has 0 radical (unpaired) electrons. The number of rotatable bonds is 10. The highest BCUT2D eigenvalue weighted by Crippen LogP contribution is 2.51. The summed E-state index contributed by atoms with van der Waals surface area (Å²) in [5, 5.41) is 0. The summed E-state index contributed by atoms with van der Waals surface area (Å²) in [6, 6.07) is 8.47. The van der Waals surface area contributed by atoms with E-state index in [1.54, 1.807) is 43.5 Å². The monoisotopic (exact) mass is 326 g/mol. The molecule has 1 aliphatic carbocycles. The van der Waals surface area contributed by atoms with Gasteiger partial charge in [0.2, 0.25) is 0 Å². The van der Waals surface area contributed by atoms with Crippen LogP contribution in [0.2, 0.25) is 0 Å². The fraction of sp³-hybridized carbons (Fsp3) is 0.500. The Bertz CT molecular complexity index is 584. The molecule has 1 aromatic carbocycles. The van der Waals surface area contributed by atoms with Gasteiger partial charge in [-0.05, 0) is 25.0 Å². The lowest BCUT2D eigenvalue weighted by Gasteiger charge is -2.17. The number of hydrogen-bond donors (Lipinski definition) is 0. The summed E-state index contributed by atoms with van der Waals surface area (Å²) < 4.78 is 40.5. The molecule has 1 saturated carbocycles. The van der Waals surface area contributed by atoms with E-state index in [4.69, 9.17) is 14.2 Å². The summed E-state index contributed by atoms with van der Waals surface area (Å²) in [6.07, 6.45) is 2.10. The minimum Gasteiger partial charge on any atom is -0.382 e. The van der Waals surface area contributed by atoms with Crippen LogP contribution < -0.4 is 0 Å². The van der Waals surface area contributed by atoms with Crippen molar-refractivity contribution in [2.45, 2.75) is 28.6 Å². The molecule has 0 amide bonds. The quantitative estimate of drug-likeness (QED) is 0.375. The highest BCUT2D eigenvalue weighted by molar-refractivity contribution is 7.93. The van der Waals surface area contributed by atoms with Gasteiger partial charge in [0, 0.05) is 7.11 Å². The van der Waals surface area contributed by atoms with Crippen LogP contribution in [0.3, 0.4) is 0 Å². The van der Waals surface area contributed by atoms with Crippen molar-refractivity contribution < 1.29 is 22.6 Å². The zero-order valence-electron chi connectivity index (χ0n) is 12.7. The number of benzene rings is 1. The molecule has 0 bridgehead atoms. The first-order valence-corrected chi connectivity index (χ1v) is 8.65. The van der Waals surface area contributed by atoms with E-state index in [9.17, 15) is 8.42 Å². The predicted molar refractivity (Wildman–Crippen MR) is 83.4 cm³/mol. The summed E-state index contributed by atoms with van der Waals surface area (Å²) >= 11 is 0. The van der Waals surface area contributed by atoms with Gasteiger partial charge >= 0.3 is 0 Å². The maximum Gasteiger partial charge on any atom is 0.187 e. The summed E-state index contributed by atoms with van der Waals surface area (Å²) in [5.41, 5.74) is 0. The molecule has 0 heterocycles. The Balaban J connectivity index is 2.04. The van der Waals surface area contributed by atoms with Crippen molar-refractivity contribution in [1.29, 1.82) is 0 Å². The predicted octanol–water partition coefficient (Wildman–Crippen LogP) is 2.18. The SMILES string of the molecule is C=CCC1(S(=O)(=O)c2ccccc2)CC1OCOCCOC. The van der Waals surface area contributed by atoms with E-state index < -0.39 is 14.6 Å². The summed E-state index contributed by atoms with van der Waals surface area (Å²) in [6.45, 7) is 4.65. The third-order valence-corrected chi connectivity index (χ3v) is 6.38. The smallest absolute Gasteiger partial charge is 0.187 e. The first-order chi connectivity index (χ1) is 10.6. The van der Waals surface area contributed by atoms with Crippen LogP contribution in [0.25, 0.3) is 0 Å². The molecule has 22 heavy (non-hydrogen) atoms. The first-order valence-electron chi connectivity index (χ1n) is 7.17. The van der Waals surface area contributed by atoms with Gasteiger partial charge in [0.05, 0.1) is 24.2 Å². The number of allylic oxidation sites excluding steroid dienone is 1. The van der Waals surface area contributed by atoms with Crippen LogP contribution in [0, 0.1) is 0 Å². The lowest BCUT2D eigenvalue weighted by Crippen LogP contribution is -2.28. The van der Waals surface area contributed by atoms with E-state index in [1.807, 2.05) is 0 Å². The Morgan fingerprint density at radius 1 is 1.32 bits per heavy atom. The highest BCUT2D eigenvalue weighted by Gasteiger charge is 2.64. The molecule has 0 N–H and O–H groups in total. The number of sulfone groups is 1. The lowest BCUT2D eigenvalue weighted by molar-refractivity contribution is -0.0746. The van der Waals surface area contributed by atoms with E-state index in [0.717, 1.165) is 0 Å². The van der Waals surface area contributed by atoms with Crippen LogP contribution in [0.1, 0.15) is 12.8 Å². The maximum atomic E-state index is 12.9. The Morgan fingerprint density at radius 3 is 2.68 bits per heavy atom. The molecule has 0 spiro atoms. The molecule has 1 fully saturated rings. The van der Waals surface area contributed by atoms with Crippen molar-refractivity contribution in [2.24, 2.45) is 0 Å². The average Bonchev–Trinajstić information content (AvgIpc) is 3.23. The van der Waals surface area contributed by atoms with Gasteiger partial charge in [-0.3, -0.25) is 0 Å². The van der Waals surface area contributed by atoms with E-state index >= 15 is 0 Å². The zero-order valence-corrected chi connectivity index (χ0v) is 13.6. The van der Waals surface area contributed by atoms with Gasteiger partial charge in [0.1, 0.15) is 11.5 Å². The summed E-state index contributed by atoms with van der Waals surface area (Å²) in [5.74, 6) is 0. The van der Waals surface area contributed by atoms with Crippen LogP contribution in [-0.4, -0.2) is 46.4 Å². The maximum absolute atomic E-state index is 12.9. The first kappa shape index (κ1) is 17.1. The van der Waals surface area contributed by atoms with Crippen molar-refractivity contribution in [3.05, 3.63) is 43.0 Å². The van der Waals surface area contributed by atoms with Crippen LogP contribution in [0.5, 0.6) is 0 Å². The fourth-order valence-corrected chi connectivity index (χ4v) is 4.59. The molecule has 0 aliphatic heterocycles. The van der Waals surface area contributed by atoms with Gasteiger partial charge in [0.25, 0.3) is 0 Å². The molecule has 2 atom stereocenters. The number of ether oxygens (including phenoxy) is 3. The largest absolute Gasteiger partial charge is 0.382 e. The molecule has 0 aromatic heterocycles. The molecule has 2 rings (SSSR count). The van der Waals surface area contributed by atoms with Crippen LogP contribution >= 0.6 is 0 Å². The second kappa shape index (κ2) is 7.37. The average molecular weight is 326 g/mol. The van der Waals surface area contributed by atoms with Crippen LogP contribution in [-0.2, 0) is 24.0 Å². The van der Waals surface area contributed by atoms with Crippen molar-refractivity contribution in [3.63, 3.8) is 0 Å². The molecule has 1 aliphatic rings. The Labute approximate surface area is 131 Å². The molecule has 1 aromatic rings. The van der Waals surface area contributed by atoms with Crippen molar-refractivity contribution in [2.75, 3.05) is 27.1 Å². The van der Waals surface area contributed by atoms with Crippen LogP contribution in [0.15, 0.2) is 47.9 Å². The Morgan fingerprint density at radius 2 is 2.05 bits per heavy atom. The van der Waals surface area contributed by atoms with Gasteiger partial charge in [-0.25, -0.2) is 8.42 Å². The van der Waals surface area contributed by atoms with Gasteiger partial charge in [-0.2, -0.15) is 0 Å². The van der Waals surface area contributed by atoms with Gasteiger partial charge < -0.3 is 14.2 Å². The third-order valence-electron chi connectivity index (χ3n) is 3.82. The minimum absolute atomic E-state index is 0.0667. The van der Waals surface area contributed by atoms with Crippen molar-refractivity contribution >= 4 is 9.84 Å². The summed E-state index contributed by atoms with van der Waals surface area (Å²) in [4.78, 5) is 0.322. The van der Waals surface area contributed by atoms with E-state index in [-0.39, 0.29) is 12.9 Å². The molecule has 0 saturated heterocycles. The number of hydrogen-bond acceptors (Lipinski definition) is 5. The molecule has 122 valence electrons. The van der Waals surface area contributed by atoms with Gasteiger partial charge in [-0.15, -0.1) is 6.58 Å². The molecular weight excluding hydrogens is 304 g/mol. The summed E-state index contributed by atoms with van der Waals surface area (Å²) in [7, 11) is -1.87. The van der Waals surface area contributed by atoms with Crippen LogP contribution in [0.4, 0.5) is 0 Å². The van der Waals surface area contributed by atoms with E-state index in [2.05, 4.69) is 6.58 Å². The number of methoxy groups -OCH3 is 1. The molecule has 2 unspecified atom stereocenters. The van der Waals surface area contributed by atoms with E-state index in [0.29, 0.717) is 31.0 Å².